The van der Waals surface area contributed by atoms with Gasteiger partial charge in [-0.2, -0.15) is 0 Å². The summed E-state index contributed by atoms with van der Waals surface area (Å²) in [4.78, 5) is 23.9. The zero-order valence-corrected chi connectivity index (χ0v) is 8.83. The van der Waals surface area contributed by atoms with E-state index < -0.39 is 0 Å². The predicted molar refractivity (Wildman–Crippen MR) is 51.2 cm³/mol. The lowest BCUT2D eigenvalue weighted by molar-refractivity contribution is -0.127. The first-order valence-electron chi connectivity index (χ1n) is 4.37. The van der Waals surface area contributed by atoms with E-state index in [-0.39, 0.29) is 5.91 Å². The molecule has 1 aliphatic rings. The second-order valence-electron chi connectivity index (χ2n) is 3.33. The van der Waals surface area contributed by atoms with Crippen molar-refractivity contribution in [3.05, 3.63) is 0 Å². The third-order valence-electron chi connectivity index (χ3n) is 1.94. The topological polar surface area (TPSA) is 40.6 Å². The summed E-state index contributed by atoms with van der Waals surface area (Å²) in [7, 11) is 5.29. The van der Waals surface area contributed by atoms with Crippen molar-refractivity contribution in [1.82, 2.24) is 9.80 Å². The summed E-state index contributed by atoms with van der Waals surface area (Å²) >= 11 is 0. The summed E-state index contributed by atoms with van der Waals surface area (Å²) in [5.41, 5.74) is 0. The molecular formula is C9H18N2O2. The summed E-state index contributed by atoms with van der Waals surface area (Å²) < 4.78 is 0. The highest BCUT2D eigenvalue weighted by atomic mass is 16.2. The van der Waals surface area contributed by atoms with Gasteiger partial charge in [-0.1, -0.05) is 0 Å². The highest BCUT2D eigenvalue weighted by Gasteiger charge is 2.14. The fraction of sp³-hybridized carbons (Fsp3) is 0.778. The Balaban J connectivity index is 0.000000226. The van der Waals surface area contributed by atoms with E-state index in [1.807, 2.05) is 7.05 Å². The average molecular weight is 186 g/mol. The maximum Gasteiger partial charge on any atom is 0.222 e. The van der Waals surface area contributed by atoms with Crippen LogP contribution in [0.2, 0.25) is 0 Å². The SMILES string of the molecule is CC(=O)N(C)C.CN1CCCC1=O. The minimum absolute atomic E-state index is 0.0926. The molecule has 1 fully saturated rings. The van der Waals surface area contributed by atoms with E-state index >= 15 is 0 Å². The molecule has 13 heavy (non-hydrogen) atoms. The van der Waals surface area contributed by atoms with Gasteiger partial charge in [0, 0.05) is 41.0 Å². The first-order valence-corrected chi connectivity index (χ1v) is 4.37. The van der Waals surface area contributed by atoms with Gasteiger partial charge in [-0.3, -0.25) is 9.59 Å². The van der Waals surface area contributed by atoms with E-state index in [0.29, 0.717) is 5.91 Å². The van der Waals surface area contributed by atoms with Crippen molar-refractivity contribution in [3.8, 4) is 0 Å². The van der Waals surface area contributed by atoms with Crippen LogP contribution in [0.15, 0.2) is 0 Å². The zero-order chi connectivity index (χ0) is 10.4. The van der Waals surface area contributed by atoms with Crippen molar-refractivity contribution in [2.75, 3.05) is 27.7 Å². The van der Waals surface area contributed by atoms with Crippen molar-refractivity contribution >= 4 is 11.8 Å². The third-order valence-corrected chi connectivity index (χ3v) is 1.94. The van der Waals surface area contributed by atoms with Crippen LogP contribution in [-0.2, 0) is 9.59 Å². The molecule has 0 N–H and O–H groups in total. The third kappa shape index (κ3) is 5.22. The molecule has 0 bridgehead atoms. The Bertz CT molecular complexity index is 190. The molecule has 0 aliphatic carbocycles. The van der Waals surface area contributed by atoms with Crippen LogP contribution in [0.25, 0.3) is 0 Å². The number of carbonyl (C=O) groups excluding carboxylic acids is 2. The molecule has 2 amide bonds. The fourth-order valence-corrected chi connectivity index (χ4v) is 0.783. The molecule has 1 heterocycles. The second-order valence-corrected chi connectivity index (χ2v) is 3.33. The normalized spacial score (nSPS) is 15.1. The molecule has 0 saturated carbocycles. The Morgan fingerprint density at radius 3 is 2.00 bits per heavy atom. The molecule has 0 atom stereocenters. The van der Waals surface area contributed by atoms with Crippen LogP contribution in [0, 0.1) is 0 Å². The van der Waals surface area contributed by atoms with Crippen molar-refractivity contribution in [2.24, 2.45) is 0 Å². The van der Waals surface area contributed by atoms with Gasteiger partial charge in [-0.05, 0) is 6.42 Å². The number of nitrogens with zero attached hydrogens (tertiary/aromatic N) is 2. The molecule has 76 valence electrons. The van der Waals surface area contributed by atoms with E-state index in [1.54, 1.807) is 19.0 Å². The fourth-order valence-electron chi connectivity index (χ4n) is 0.783. The number of amides is 2. The largest absolute Gasteiger partial charge is 0.349 e. The maximum absolute atomic E-state index is 10.5. The summed E-state index contributed by atoms with van der Waals surface area (Å²) in [5, 5.41) is 0. The van der Waals surface area contributed by atoms with Gasteiger partial charge in [0.25, 0.3) is 0 Å². The van der Waals surface area contributed by atoms with Crippen LogP contribution in [0.3, 0.4) is 0 Å². The standard InChI is InChI=1S/C5H9NO.C4H9NO/c1-6-4-2-3-5(6)7;1-4(6)5(2)3/h2-4H2,1H3;1-3H3. The first-order chi connectivity index (χ1) is 5.95. The number of hydrogen-bond acceptors (Lipinski definition) is 2. The van der Waals surface area contributed by atoms with Gasteiger partial charge in [0.05, 0.1) is 0 Å². The Kier molecular flexibility index (Phi) is 5.11. The van der Waals surface area contributed by atoms with E-state index in [0.717, 1.165) is 19.4 Å². The lowest BCUT2D eigenvalue weighted by Gasteiger charge is -2.03. The van der Waals surface area contributed by atoms with Gasteiger partial charge in [0.2, 0.25) is 11.8 Å². The lowest BCUT2D eigenvalue weighted by atomic mass is 10.4. The Morgan fingerprint density at radius 1 is 1.46 bits per heavy atom. The zero-order valence-electron chi connectivity index (χ0n) is 8.83. The summed E-state index contributed by atoms with van der Waals surface area (Å²) in [5.74, 6) is 0.384. The van der Waals surface area contributed by atoms with Crippen LogP contribution in [0.1, 0.15) is 19.8 Å². The maximum atomic E-state index is 10.5. The Labute approximate surface area is 79.5 Å². The number of carbonyl (C=O) groups is 2. The van der Waals surface area contributed by atoms with Gasteiger partial charge in [-0.15, -0.1) is 0 Å². The minimum Gasteiger partial charge on any atom is -0.349 e. The molecule has 0 radical (unpaired) electrons. The molecule has 1 aliphatic heterocycles. The molecule has 1 saturated heterocycles. The molecular weight excluding hydrogens is 168 g/mol. The quantitative estimate of drug-likeness (QED) is 0.547. The molecule has 4 heteroatoms. The first kappa shape index (κ1) is 11.9. The van der Waals surface area contributed by atoms with Crippen molar-refractivity contribution in [2.45, 2.75) is 19.8 Å². The molecule has 1 rings (SSSR count). The van der Waals surface area contributed by atoms with Crippen molar-refractivity contribution in [3.63, 3.8) is 0 Å². The van der Waals surface area contributed by atoms with Crippen molar-refractivity contribution in [1.29, 1.82) is 0 Å². The minimum atomic E-state index is 0.0926. The highest BCUT2D eigenvalue weighted by Crippen LogP contribution is 2.04. The van der Waals surface area contributed by atoms with E-state index in [1.165, 1.54) is 11.8 Å². The van der Waals surface area contributed by atoms with Crippen LogP contribution in [-0.4, -0.2) is 49.3 Å². The van der Waals surface area contributed by atoms with Gasteiger partial charge in [-0.25, -0.2) is 0 Å². The predicted octanol–water partition coefficient (Wildman–Crippen LogP) is 0.333. The number of hydrogen-bond donors (Lipinski definition) is 0. The van der Waals surface area contributed by atoms with E-state index in [9.17, 15) is 9.59 Å². The van der Waals surface area contributed by atoms with Crippen LogP contribution in [0.4, 0.5) is 0 Å². The smallest absolute Gasteiger partial charge is 0.222 e. The highest BCUT2D eigenvalue weighted by molar-refractivity contribution is 5.77. The van der Waals surface area contributed by atoms with Gasteiger partial charge in [0.1, 0.15) is 0 Å². The van der Waals surface area contributed by atoms with Gasteiger partial charge >= 0.3 is 0 Å². The summed E-state index contributed by atoms with van der Waals surface area (Å²) in [6.45, 7) is 2.48. The molecule has 0 aromatic rings. The number of likely N-dealkylation sites (tertiary alicyclic amines) is 1. The molecule has 4 nitrogen and oxygen atoms in total. The summed E-state index contributed by atoms with van der Waals surface area (Å²) in [6, 6.07) is 0. The molecule has 0 unspecified atom stereocenters. The monoisotopic (exact) mass is 186 g/mol. The van der Waals surface area contributed by atoms with Crippen LogP contribution >= 0.6 is 0 Å². The lowest BCUT2D eigenvalue weighted by Crippen LogP contribution is -2.17. The van der Waals surface area contributed by atoms with Crippen molar-refractivity contribution < 1.29 is 9.59 Å². The Morgan fingerprint density at radius 2 is 1.92 bits per heavy atom. The molecule has 0 spiro atoms. The Hall–Kier alpha value is -1.06. The average Bonchev–Trinajstić information content (AvgIpc) is 2.37. The number of rotatable bonds is 0. The van der Waals surface area contributed by atoms with E-state index in [2.05, 4.69) is 0 Å². The molecule has 0 aromatic heterocycles. The van der Waals surface area contributed by atoms with Gasteiger partial charge in [0.15, 0.2) is 0 Å². The molecule has 0 aromatic carbocycles. The van der Waals surface area contributed by atoms with Crippen LogP contribution in [0.5, 0.6) is 0 Å². The summed E-state index contributed by atoms with van der Waals surface area (Å²) in [6.07, 6.45) is 1.81. The van der Waals surface area contributed by atoms with E-state index in [4.69, 9.17) is 0 Å². The van der Waals surface area contributed by atoms with Crippen LogP contribution < -0.4 is 0 Å². The second kappa shape index (κ2) is 5.56. The van der Waals surface area contributed by atoms with Gasteiger partial charge < -0.3 is 9.80 Å².